The molecule has 0 aliphatic carbocycles. The van der Waals surface area contributed by atoms with Crippen LogP contribution in [-0.2, 0) is 6.54 Å². The number of benzene rings is 2. The highest BCUT2D eigenvalue weighted by Crippen LogP contribution is 2.26. The number of hydrogen-bond acceptors (Lipinski definition) is 4. The lowest BCUT2D eigenvalue weighted by molar-refractivity contribution is 0.0900. The molecule has 144 valence electrons. The zero-order valence-corrected chi connectivity index (χ0v) is 16.3. The van der Waals surface area contributed by atoms with Crippen molar-refractivity contribution in [3.63, 3.8) is 0 Å². The van der Waals surface area contributed by atoms with Gasteiger partial charge in [0.05, 0.1) is 19.3 Å². The van der Waals surface area contributed by atoms with Crippen molar-refractivity contribution in [1.29, 1.82) is 0 Å². The fourth-order valence-electron chi connectivity index (χ4n) is 3.54. The zero-order chi connectivity index (χ0) is 19.7. The first kappa shape index (κ1) is 18.3. The fraction of sp³-hybridized carbons (Fsp3) is 0.273. The van der Waals surface area contributed by atoms with E-state index in [-0.39, 0.29) is 12.1 Å². The largest absolute Gasteiger partial charge is 0.497 e. The second-order valence-electron chi connectivity index (χ2n) is 7.13. The van der Waals surface area contributed by atoms with Gasteiger partial charge in [0.1, 0.15) is 17.6 Å². The summed E-state index contributed by atoms with van der Waals surface area (Å²) in [6.07, 6.45) is -0.102. The van der Waals surface area contributed by atoms with E-state index < -0.39 is 0 Å². The molecular weight excluding hydrogens is 352 g/mol. The van der Waals surface area contributed by atoms with E-state index in [0.717, 1.165) is 28.1 Å². The smallest absolute Gasteiger partial charge is 0.269 e. The first-order valence-electron chi connectivity index (χ1n) is 9.37. The lowest BCUT2D eigenvalue weighted by Crippen LogP contribution is -2.45. The van der Waals surface area contributed by atoms with Gasteiger partial charge in [0.25, 0.3) is 5.91 Å². The summed E-state index contributed by atoms with van der Waals surface area (Å²) in [4.78, 5) is 12.3. The molecule has 1 aromatic heterocycles. The molecule has 2 aromatic carbocycles. The van der Waals surface area contributed by atoms with Gasteiger partial charge in [-0.2, -0.15) is 5.10 Å². The number of aryl methyl sites for hydroxylation is 2. The highest BCUT2D eigenvalue weighted by Gasteiger charge is 2.27. The SMILES string of the molecule is COc1ccc(CN[C@H]2CNC(=O)c3cc(-c4ccc(C)cc4C)nn32)cc1. The van der Waals surface area contributed by atoms with Crippen LogP contribution in [0.4, 0.5) is 0 Å². The Balaban J connectivity index is 1.58. The molecule has 0 bridgehead atoms. The number of ether oxygens (including phenoxy) is 1. The zero-order valence-electron chi connectivity index (χ0n) is 16.3. The number of aromatic nitrogens is 2. The summed E-state index contributed by atoms with van der Waals surface area (Å²) in [5.74, 6) is 0.743. The van der Waals surface area contributed by atoms with E-state index in [1.807, 2.05) is 30.3 Å². The molecule has 1 amide bonds. The van der Waals surface area contributed by atoms with E-state index in [0.29, 0.717) is 18.8 Å². The number of fused-ring (bicyclic) bond motifs is 1. The van der Waals surface area contributed by atoms with Crippen LogP contribution in [0.15, 0.2) is 48.5 Å². The monoisotopic (exact) mass is 376 g/mol. The quantitative estimate of drug-likeness (QED) is 0.718. The molecule has 3 aromatic rings. The van der Waals surface area contributed by atoms with Gasteiger partial charge in [0.15, 0.2) is 0 Å². The second-order valence-corrected chi connectivity index (χ2v) is 7.13. The second kappa shape index (κ2) is 7.48. The summed E-state index contributed by atoms with van der Waals surface area (Å²) in [5.41, 5.74) is 5.95. The Kier molecular flexibility index (Phi) is 4.88. The molecule has 2 heterocycles. The van der Waals surface area contributed by atoms with E-state index in [4.69, 9.17) is 9.84 Å². The third-order valence-electron chi connectivity index (χ3n) is 5.08. The van der Waals surface area contributed by atoms with Crippen molar-refractivity contribution in [1.82, 2.24) is 20.4 Å². The van der Waals surface area contributed by atoms with E-state index in [9.17, 15) is 4.79 Å². The van der Waals surface area contributed by atoms with Crippen LogP contribution in [0.1, 0.15) is 33.3 Å². The van der Waals surface area contributed by atoms with E-state index in [1.165, 1.54) is 5.56 Å². The van der Waals surface area contributed by atoms with Gasteiger partial charge in [-0.3, -0.25) is 10.1 Å². The van der Waals surface area contributed by atoms with Crippen molar-refractivity contribution in [2.24, 2.45) is 0 Å². The fourth-order valence-corrected chi connectivity index (χ4v) is 3.54. The number of nitrogens with zero attached hydrogens (tertiary/aromatic N) is 2. The van der Waals surface area contributed by atoms with Crippen LogP contribution in [0.25, 0.3) is 11.3 Å². The van der Waals surface area contributed by atoms with E-state index in [2.05, 4.69) is 42.7 Å². The van der Waals surface area contributed by atoms with Crippen LogP contribution in [0.3, 0.4) is 0 Å². The molecule has 0 saturated carbocycles. The third kappa shape index (κ3) is 3.51. The number of methoxy groups -OCH3 is 1. The molecule has 2 N–H and O–H groups in total. The molecule has 0 fully saturated rings. The third-order valence-corrected chi connectivity index (χ3v) is 5.08. The van der Waals surface area contributed by atoms with Crippen LogP contribution in [-0.4, -0.2) is 29.3 Å². The molecule has 0 radical (unpaired) electrons. The summed E-state index contributed by atoms with van der Waals surface area (Å²) >= 11 is 0. The van der Waals surface area contributed by atoms with E-state index in [1.54, 1.807) is 11.8 Å². The average Bonchev–Trinajstić information content (AvgIpc) is 3.14. The van der Waals surface area contributed by atoms with Gasteiger partial charge in [0, 0.05) is 12.1 Å². The molecule has 6 nitrogen and oxygen atoms in total. The summed E-state index contributed by atoms with van der Waals surface area (Å²) in [6, 6.07) is 16.1. The molecular formula is C22H24N4O2. The summed E-state index contributed by atoms with van der Waals surface area (Å²) in [6.45, 7) is 5.31. The van der Waals surface area contributed by atoms with Crippen molar-refractivity contribution in [3.05, 3.63) is 70.9 Å². The molecule has 1 aliphatic heterocycles. The molecule has 0 unspecified atom stereocenters. The van der Waals surface area contributed by atoms with Crippen molar-refractivity contribution in [2.75, 3.05) is 13.7 Å². The topological polar surface area (TPSA) is 68.2 Å². The molecule has 1 aliphatic rings. The van der Waals surface area contributed by atoms with Gasteiger partial charge >= 0.3 is 0 Å². The predicted octanol–water partition coefficient (Wildman–Crippen LogP) is 3.21. The Morgan fingerprint density at radius 3 is 2.68 bits per heavy atom. The van der Waals surface area contributed by atoms with Gasteiger partial charge in [0.2, 0.25) is 0 Å². The first-order valence-corrected chi connectivity index (χ1v) is 9.37. The van der Waals surface area contributed by atoms with Gasteiger partial charge in [-0.15, -0.1) is 0 Å². The minimum Gasteiger partial charge on any atom is -0.497 e. The van der Waals surface area contributed by atoms with Gasteiger partial charge in [-0.05, 0) is 43.2 Å². The Bertz CT molecular complexity index is 1010. The van der Waals surface area contributed by atoms with Crippen LogP contribution in [0, 0.1) is 13.8 Å². The number of carbonyl (C=O) groups is 1. The number of carbonyl (C=O) groups excluding carboxylic acids is 1. The highest BCUT2D eigenvalue weighted by molar-refractivity contribution is 5.94. The summed E-state index contributed by atoms with van der Waals surface area (Å²) < 4.78 is 7.00. The molecule has 4 rings (SSSR count). The average molecular weight is 376 g/mol. The normalized spacial score (nSPS) is 15.8. The minimum absolute atomic E-state index is 0.0917. The van der Waals surface area contributed by atoms with Gasteiger partial charge < -0.3 is 10.1 Å². The minimum atomic E-state index is -0.102. The van der Waals surface area contributed by atoms with Crippen molar-refractivity contribution in [3.8, 4) is 17.0 Å². The van der Waals surface area contributed by atoms with Crippen molar-refractivity contribution in [2.45, 2.75) is 26.6 Å². The summed E-state index contributed by atoms with van der Waals surface area (Å²) in [7, 11) is 1.66. The first-order chi connectivity index (χ1) is 13.5. The maximum atomic E-state index is 12.3. The van der Waals surface area contributed by atoms with Crippen LogP contribution in [0.2, 0.25) is 0 Å². The molecule has 0 spiro atoms. The molecule has 28 heavy (non-hydrogen) atoms. The Labute approximate surface area is 164 Å². The van der Waals surface area contributed by atoms with Gasteiger partial charge in [-0.25, -0.2) is 4.68 Å². The highest BCUT2D eigenvalue weighted by atomic mass is 16.5. The molecule has 6 heteroatoms. The van der Waals surface area contributed by atoms with Crippen LogP contribution in [0.5, 0.6) is 5.75 Å². The lowest BCUT2D eigenvalue weighted by atomic mass is 10.0. The van der Waals surface area contributed by atoms with Crippen molar-refractivity contribution < 1.29 is 9.53 Å². The Morgan fingerprint density at radius 1 is 1.18 bits per heavy atom. The Hall–Kier alpha value is -3.12. The maximum Gasteiger partial charge on any atom is 0.269 e. The number of amides is 1. The molecule has 1 atom stereocenters. The standard InChI is InChI=1S/C22H24N4O2/c1-14-4-9-18(15(2)10-14)19-11-20-22(27)24-13-21(26(20)25-19)23-12-16-5-7-17(28-3)8-6-16/h4-11,21,23H,12-13H2,1-3H3,(H,24,27)/t21-/m1/s1. The Morgan fingerprint density at radius 2 is 1.96 bits per heavy atom. The number of rotatable bonds is 5. The van der Waals surface area contributed by atoms with Crippen LogP contribution < -0.4 is 15.4 Å². The van der Waals surface area contributed by atoms with E-state index >= 15 is 0 Å². The summed E-state index contributed by atoms with van der Waals surface area (Å²) in [5, 5.41) is 11.2. The number of nitrogens with one attached hydrogen (secondary N) is 2. The number of hydrogen-bond donors (Lipinski definition) is 2. The predicted molar refractivity (Wildman–Crippen MR) is 108 cm³/mol. The maximum absolute atomic E-state index is 12.3. The molecule has 0 saturated heterocycles. The lowest BCUT2D eigenvalue weighted by Gasteiger charge is -2.25. The van der Waals surface area contributed by atoms with Crippen molar-refractivity contribution >= 4 is 5.91 Å². The van der Waals surface area contributed by atoms with Crippen LogP contribution >= 0.6 is 0 Å². The van der Waals surface area contributed by atoms with Gasteiger partial charge in [-0.1, -0.05) is 35.9 Å².